The van der Waals surface area contributed by atoms with Gasteiger partial charge in [-0.15, -0.1) is 0 Å². The van der Waals surface area contributed by atoms with E-state index in [1.807, 2.05) is 23.9 Å². The van der Waals surface area contributed by atoms with Crippen LogP contribution in [0.25, 0.3) is 0 Å². The number of ether oxygens (including phenoxy) is 1. The number of rotatable bonds is 5. The van der Waals surface area contributed by atoms with E-state index in [2.05, 4.69) is 33.6 Å². The molecule has 1 fully saturated rings. The van der Waals surface area contributed by atoms with Crippen LogP contribution >= 0.6 is 27.7 Å². The van der Waals surface area contributed by atoms with E-state index in [4.69, 9.17) is 4.74 Å². The lowest BCUT2D eigenvalue weighted by Gasteiger charge is -2.14. The minimum absolute atomic E-state index is 0.677. The van der Waals surface area contributed by atoms with Gasteiger partial charge in [-0.1, -0.05) is 22.0 Å². The van der Waals surface area contributed by atoms with Crippen molar-refractivity contribution in [1.29, 1.82) is 0 Å². The molecule has 2 unspecified atom stereocenters. The summed E-state index contributed by atoms with van der Waals surface area (Å²) in [6.07, 6.45) is 6.17. The van der Waals surface area contributed by atoms with Gasteiger partial charge in [-0.3, -0.25) is 0 Å². The molecule has 0 radical (unpaired) electrons. The molecule has 2 atom stereocenters. The third-order valence-electron chi connectivity index (χ3n) is 3.56. The molecule has 1 aromatic rings. The van der Waals surface area contributed by atoms with E-state index in [-0.39, 0.29) is 0 Å². The van der Waals surface area contributed by atoms with Gasteiger partial charge in [0.05, 0.1) is 7.11 Å². The molecule has 0 saturated heterocycles. The molecule has 1 N–H and O–H groups in total. The van der Waals surface area contributed by atoms with Gasteiger partial charge < -0.3 is 10.1 Å². The molecule has 2 rings (SSSR count). The van der Waals surface area contributed by atoms with Gasteiger partial charge >= 0.3 is 0 Å². The molecule has 0 heterocycles. The summed E-state index contributed by atoms with van der Waals surface area (Å²) in [5.74, 6) is 0.897. The zero-order valence-corrected chi connectivity index (χ0v) is 13.3. The molecule has 100 valence electrons. The average Bonchev–Trinajstić information content (AvgIpc) is 2.85. The van der Waals surface area contributed by atoms with Crippen molar-refractivity contribution in [3.05, 3.63) is 28.2 Å². The van der Waals surface area contributed by atoms with E-state index in [9.17, 15) is 0 Å². The summed E-state index contributed by atoms with van der Waals surface area (Å²) in [7, 11) is 1.70. The first kappa shape index (κ1) is 14.2. The molecule has 4 heteroatoms. The molecule has 0 aromatic heterocycles. The maximum atomic E-state index is 5.20. The Bertz CT molecular complexity index is 399. The summed E-state index contributed by atoms with van der Waals surface area (Å²) >= 11 is 5.60. The Kier molecular flexibility index (Phi) is 5.39. The van der Waals surface area contributed by atoms with Gasteiger partial charge in [-0.05, 0) is 43.2 Å². The van der Waals surface area contributed by atoms with E-state index >= 15 is 0 Å². The monoisotopic (exact) mass is 329 g/mol. The quantitative estimate of drug-likeness (QED) is 0.886. The summed E-state index contributed by atoms with van der Waals surface area (Å²) in [5.41, 5.74) is 1.29. The summed E-state index contributed by atoms with van der Waals surface area (Å²) < 4.78 is 6.32. The zero-order valence-electron chi connectivity index (χ0n) is 10.9. The number of nitrogens with one attached hydrogen (secondary N) is 1. The maximum Gasteiger partial charge on any atom is 0.120 e. The van der Waals surface area contributed by atoms with Crippen molar-refractivity contribution in [2.75, 3.05) is 13.4 Å². The van der Waals surface area contributed by atoms with Crippen molar-refractivity contribution in [1.82, 2.24) is 5.32 Å². The second kappa shape index (κ2) is 6.83. The molecule has 1 aliphatic carbocycles. The standard InChI is InChI=1S/C14H20BrNOS/c1-17-12-5-3-10(14(15)8-12)9-16-11-4-6-13(7-11)18-2/h3,5,8,11,13,16H,4,6-7,9H2,1-2H3. The third-order valence-corrected chi connectivity index (χ3v) is 5.39. The predicted octanol–water partition coefficient (Wildman–Crippen LogP) is 3.83. The summed E-state index contributed by atoms with van der Waals surface area (Å²) in [5, 5.41) is 4.51. The molecule has 0 bridgehead atoms. The van der Waals surface area contributed by atoms with Crippen LogP contribution in [0.15, 0.2) is 22.7 Å². The number of methoxy groups -OCH3 is 1. The van der Waals surface area contributed by atoms with Crippen LogP contribution in [-0.4, -0.2) is 24.7 Å². The average molecular weight is 330 g/mol. The van der Waals surface area contributed by atoms with E-state index in [0.29, 0.717) is 6.04 Å². The third kappa shape index (κ3) is 3.65. The predicted molar refractivity (Wildman–Crippen MR) is 82.5 cm³/mol. The van der Waals surface area contributed by atoms with Gasteiger partial charge in [0, 0.05) is 22.3 Å². The lowest BCUT2D eigenvalue weighted by molar-refractivity contribution is 0.414. The molecule has 1 aromatic carbocycles. The van der Waals surface area contributed by atoms with Crippen LogP contribution in [0.1, 0.15) is 24.8 Å². The number of benzene rings is 1. The molecule has 0 aliphatic heterocycles. The van der Waals surface area contributed by atoms with E-state index in [1.165, 1.54) is 24.8 Å². The van der Waals surface area contributed by atoms with Gasteiger partial charge in [-0.25, -0.2) is 0 Å². The van der Waals surface area contributed by atoms with Crippen molar-refractivity contribution < 1.29 is 4.74 Å². The Morgan fingerprint density at radius 1 is 1.44 bits per heavy atom. The van der Waals surface area contributed by atoms with Crippen LogP contribution in [0.4, 0.5) is 0 Å². The maximum absolute atomic E-state index is 5.20. The SMILES string of the molecule is COc1ccc(CNC2CCC(SC)C2)c(Br)c1. The molecule has 1 saturated carbocycles. The molecular weight excluding hydrogens is 310 g/mol. The highest BCUT2D eigenvalue weighted by Crippen LogP contribution is 2.29. The molecule has 0 amide bonds. The molecular formula is C14H20BrNOS. The van der Waals surface area contributed by atoms with Gasteiger partial charge in [0.15, 0.2) is 0 Å². The first-order valence-electron chi connectivity index (χ1n) is 6.31. The van der Waals surface area contributed by atoms with Crippen molar-refractivity contribution in [3.63, 3.8) is 0 Å². The van der Waals surface area contributed by atoms with E-state index in [0.717, 1.165) is 22.0 Å². The Morgan fingerprint density at radius 2 is 2.28 bits per heavy atom. The first-order chi connectivity index (χ1) is 8.72. The van der Waals surface area contributed by atoms with Crippen LogP contribution in [0.5, 0.6) is 5.75 Å². The minimum atomic E-state index is 0.677. The van der Waals surface area contributed by atoms with Gasteiger partial charge in [0.2, 0.25) is 0 Å². The smallest absolute Gasteiger partial charge is 0.120 e. The number of thioether (sulfide) groups is 1. The lowest BCUT2D eigenvalue weighted by atomic mass is 10.2. The summed E-state index contributed by atoms with van der Waals surface area (Å²) in [6.45, 7) is 0.927. The van der Waals surface area contributed by atoms with Crippen molar-refractivity contribution in [3.8, 4) is 5.75 Å². The second-order valence-corrected chi connectivity index (χ2v) is 6.70. The Hall–Kier alpha value is -0.190. The van der Waals surface area contributed by atoms with Crippen LogP contribution in [0, 0.1) is 0 Å². The zero-order chi connectivity index (χ0) is 13.0. The molecule has 1 aliphatic rings. The minimum Gasteiger partial charge on any atom is -0.497 e. The summed E-state index contributed by atoms with van der Waals surface area (Å²) in [4.78, 5) is 0. The fraction of sp³-hybridized carbons (Fsp3) is 0.571. The fourth-order valence-corrected chi connectivity index (χ4v) is 3.69. The molecule has 0 spiro atoms. The largest absolute Gasteiger partial charge is 0.497 e. The second-order valence-electron chi connectivity index (χ2n) is 4.71. The molecule has 2 nitrogen and oxygen atoms in total. The summed E-state index contributed by atoms with van der Waals surface area (Å²) in [6, 6.07) is 6.84. The van der Waals surface area contributed by atoms with Crippen molar-refractivity contribution >= 4 is 27.7 Å². The van der Waals surface area contributed by atoms with E-state index < -0.39 is 0 Å². The number of hydrogen-bond donors (Lipinski definition) is 1. The van der Waals surface area contributed by atoms with Crippen LogP contribution in [0.3, 0.4) is 0 Å². The van der Waals surface area contributed by atoms with Crippen molar-refractivity contribution in [2.24, 2.45) is 0 Å². The van der Waals surface area contributed by atoms with Gasteiger partial charge in [0.1, 0.15) is 5.75 Å². The van der Waals surface area contributed by atoms with E-state index in [1.54, 1.807) is 7.11 Å². The number of hydrogen-bond acceptors (Lipinski definition) is 3. The highest BCUT2D eigenvalue weighted by molar-refractivity contribution is 9.10. The van der Waals surface area contributed by atoms with Gasteiger partial charge in [0.25, 0.3) is 0 Å². The lowest BCUT2D eigenvalue weighted by Crippen LogP contribution is -2.26. The Labute approximate surface area is 122 Å². The Balaban J connectivity index is 1.87. The van der Waals surface area contributed by atoms with Crippen LogP contribution < -0.4 is 10.1 Å². The highest BCUT2D eigenvalue weighted by Gasteiger charge is 2.23. The fourth-order valence-electron chi connectivity index (χ4n) is 2.39. The number of halogens is 1. The normalized spacial score (nSPS) is 23.3. The topological polar surface area (TPSA) is 21.3 Å². The van der Waals surface area contributed by atoms with Crippen LogP contribution in [-0.2, 0) is 6.54 Å². The van der Waals surface area contributed by atoms with Crippen molar-refractivity contribution in [2.45, 2.75) is 37.1 Å². The Morgan fingerprint density at radius 3 is 2.89 bits per heavy atom. The van der Waals surface area contributed by atoms with Crippen LogP contribution in [0.2, 0.25) is 0 Å². The first-order valence-corrected chi connectivity index (χ1v) is 8.39. The highest BCUT2D eigenvalue weighted by atomic mass is 79.9. The van der Waals surface area contributed by atoms with Gasteiger partial charge in [-0.2, -0.15) is 11.8 Å². The molecule has 18 heavy (non-hydrogen) atoms.